The highest BCUT2D eigenvalue weighted by atomic mass is 16.7. The van der Waals surface area contributed by atoms with Crippen LogP contribution in [0.1, 0.15) is 0 Å². The third kappa shape index (κ3) is 3.52. The third-order valence-corrected chi connectivity index (χ3v) is 3.98. The summed E-state index contributed by atoms with van der Waals surface area (Å²) >= 11 is 0. The van der Waals surface area contributed by atoms with Crippen molar-refractivity contribution >= 4 is 0 Å². The summed E-state index contributed by atoms with van der Waals surface area (Å²) in [6.45, 7) is -0.0939. The van der Waals surface area contributed by atoms with Crippen molar-refractivity contribution in [1.82, 2.24) is 5.32 Å². The summed E-state index contributed by atoms with van der Waals surface area (Å²) in [5.41, 5.74) is 0. The van der Waals surface area contributed by atoms with E-state index < -0.39 is 55.4 Å². The largest absolute Gasteiger partial charge is 0.396 e. The monoisotopic (exact) mass is 309 g/mol. The predicted molar refractivity (Wildman–Crippen MR) is 68.1 cm³/mol. The summed E-state index contributed by atoms with van der Waals surface area (Å²) in [5, 5.41) is 60.5. The van der Waals surface area contributed by atoms with Gasteiger partial charge in [0, 0.05) is 25.6 Å². The molecule has 124 valence electrons. The van der Waals surface area contributed by atoms with E-state index in [1.165, 1.54) is 0 Å². The lowest BCUT2D eigenvalue weighted by Crippen LogP contribution is -2.62. The number of nitrogens with one attached hydrogen (secondary N) is 1. The van der Waals surface area contributed by atoms with E-state index in [-0.39, 0.29) is 13.2 Å². The lowest BCUT2D eigenvalue weighted by Gasteiger charge is -2.43. The van der Waals surface area contributed by atoms with E-state index in [1.54, 1.807) is 0 Å². The first-order valence-corrected chi connectivity index (χ1v) is 6.95. The van der Waals surface area contributed by atoms with Gasteiger partial charge in [-0.1, -0.05) is 0 Å². The molecule has 2 rings (SSSR count). The van der Waals surface area contributed by atoms with E-state index >= 15 is 0 Å². The molecule has 7 N–H and O–H groups in total. The first-order valence-electron chi connectivity index (χ1n) is 6.95. The summed E-state index contributed by atoms with van der Waals surface area (Å²) < 4.78 is 10.7. The van der Waals surface area contributed by atoms with Crippen LogP contribution in [-0.4, -0.2) is 99.9 Å². The molecule has 0 aromatic heterocycles. The van der Waals surface area contributed by atoms with Crippen LogP contribution in [0.5, 0.6) is 0 Å². The van der Waals surface area contributed by atoms with Gasteiger partial charge < -0.3 is 45.4 Å². The smallest absolute Gasteiger partial charge is 0.187 e. The molecule has 9 nitrogen and oxygen atoms in total. The molecule has 0 unspecified atom stereocenters. The molecule has 2 saturated heterocycles. The van der Waals surface area contributed by atoms with Crippen LogP contribution in [0.4, 0.5) is 0 Å². The highest BCUT2D eigenvalue weighted by Crippen LogP contribution is 2.26. The highest BCUT2D eigenvalue weighted by molar-refractivity contribution is 4.91. The Morgan fingerprint density at radius 3 is 2.29 bits per heavy atom. The second-order valence-electron chi connectivity index (χ2n) is 5.47. The minimum atomic E-state index is -1.53. The number of β-amino-alcohol motifs (C(OH)–C–C–N with tert-alkyl or cyclic N) is 1. The summed E-state index contributed by atoms with van der Waals surface area (Å²) in [4.78, 5) is 0. The number of hydrogen-bond donors (Lipinski definition) is 7. The number of aliphatic hydroxyl groups is 6. The fraction of sp³-hybridized carbons (Fsp3) is 1.00. The average molecular weight is 309 g/mol. The molecule has 21 heavy (non-hydrogen) atoms. The van der Waals surface area contributed by atoms with Gasteiger partial charge in [-0.05, 0) is 0 Å². The van der Waals surface area contributed by atoms with Gasteiger partial charge in [0.1, 0.15) is 24.4 Å². The molecule has 0 amide bonds. The lowest BCUT2D eigenvalue weighted by atomic mass is 9.94. The van der Waals surface area contributed by atoms with E-state index in [9.17, 15) is 25.5 Å². The van der Waals surface area contributed by atoms with Crippen LogP contribution in [0.2, 0.25) is 0 Å². The van der Waals surface area contributed by atoms with Crippen molar-refractivity contribution in [1.29, 1.82) is 0 Å². The average Bonchev–Trinajstić information content (AvgIpc) is 2.49. The van der Waals surface area contributed by atoms with Crippen molar-refractivity contribution in [2.45, 2.75) is 42.9 Å². The Morgan fingerprint density at radius 2 is 1.67 bits per heavy atom. The molecule has 0 bridgehead atoms. The topological polar surface area (TPSA) is 152 Å². The van der Waals surface area contributed by atoms with Crippen LogP contribution < -0.4 is 5.32 Å². The summed E-state index contributed by atoms with van der Waals surface area (Å²) in [6.07, 6.45) is -8.61. The third-order valence-electron chi connectivity index (χ3n) is 3.98. The maximum absolute atomic E-state index is 9.93. The van der Waals surface area contributed by atoms with Crippen molar-refractivity contribution in [3.63, 3.8) is 0 Å². The second-order valence-corrected chi connectivity index (χ2v) is 5.47. The van der Waals surface area contributed by atoms with E-state index in [4.69, 9.17) is 14.6 Å². The number of hydrogen-bond acceptors (Lipinski definition) is 9. The molecule has 0 aliphatic carbocycles. The van der Waals surface area contributed by atoms with Crippen LogP contribution >= 0.6 is 0 Å². The van der Waals surface area contributed by atoms with Gasteiger partial charge in [-0.15, -0.1) is 0 Å². The first-order chi connectivity index (χ1) is 9.99. The van der Waals surface area contributed by atoms with Crippen molar-refractivity contribution < 1.29 is 40.1 Å². The fourth-order valence-electron chi connectivity index (χ4n) is 2.67. The van der Waals surface area contributed by atoms with Crippen LogP contribution in [0, 0.1) is 5.92 Å². The number of piperidine rings is 1. The molecule has 0 aromatic carbocycles. The van der Waals surface area contributed by atoms with Crippen LogP contribution in [0.15, 0.2) is 0 Å². The maximum Gasteiger partial charge on any atom is 0.187 e. The normalized spacial score (nSPS) is 48.3. The molecular formula is C12H23NO8. The lowest BCUT2D eigenvalue weighted by molar-refractivity contribution is -0.323. The molecule has 2 aliphatic rings. The Balaban J connectivity index is 2.05. The molecule has 0 saturated carbocycles. The zero-order chi connectivity index (χ0) is 15.6. The molecule has 0 spiro atoms. The molecule has 2 heterocycles. The summed E-state index contributed by atoms with van der Waals surface area (Å²) in [5.74, 6) is -0.402. The molecule has 2 fully saturated rings. The number of aliphatic hydroxyl groups excluding tert-OH is 6. The summed E-state index contributed by atoms with van der Waals surface area (Å²) in [7, 11) is 0. The van der Waals surface area contributed by atoms with Crippen molar-refractivity contribution in [3.05, 3.63) is 0 Å². The molecular weight excluding hydrogens is 286 g/mol. The highest BCUT2D eigenvalue weighted by Gasteiger charge is 2.46. The van der Waals surface area contributed by atoms with E-state index in [2.05, 4.69) is 5.32 Å². The summed E-state index contributed by atoms with van der Waals surface area (Å²) in [6, 6.07) is 0. The molecule has 2 aliphatic heterocycles. The minimum Gasteiger partial charge on any atom is -0.396 e. The van der Waals surface area contributed by atoms with Gasteiger partial charge in [-0.25, -0.2) is 0 Å². The van der Waals surface area contributed by atoms with Crippen LogP contribution in [0.3, 0.4) is 0 Å². The minimum absolute atomic E-state index is 0.230. The Labute approximate surface area is 121 Å². The van der Waals surface area contributed by atoms with Crippen LogP contribution in [-0.2, 0) is 9.47 Å². The van der Waals surface area contributed by atoms with Gasteiger partial charge in [0.2, 0.25) is 0 Å². The zero-order valence-electron chi connectivity index (χ0n) is 11.4. The van der Waals surface area contributed by atoms with Crippen molar-refractivity contribution in [3.8, 4) is 0 Å². The zero-order valence-corrected chi connectivity index (χ0v) is 11.4. The Hall–Kier alpha value is -0.360. The molecule has 0 aromatic rings. The van der Waals surface area contributed by atoms with E-state index in [1.807, 2.05) is 0 Å². The number of ether oxygens (including phenoxy) is 2. The molecule has 9 heteroatoms. The van der Waals surface area contributed by atoms with Gasteiger partial charge >= 0.3 is 0 Å². The van der Waals surface area contributed by atoms with Crippen molar-refractivity contribution in [2.75, 3.05) is 26.3 Å². The molecule has 8 atom stereocenters. The number of rotatable bonds is 4. The second kappa shape index (κ2) is 7.27. The fourth-order valence-corrected chi connectivity index (χ4v) is 2.67. The predicted octanol–water partition coefficient (Wildman–Crippen LogP) is -4.26. The van der Waals surface area contributed by atoms with E-state index in [0.717, 1.165) is 0 Å². The first kappa shape index (κ1) is 17.0. The van der Waals surface area contributed by atoms with Gasteiger partial charge in [0.15, 0.2) is 6.29 Å². The molecule has 0 radical (unpaired) electrons. The quantitative estimate of drug-likeness (QED) is 0.274. The van der Waals surface area contributed by atoms with Gasteiger partial charge in [-0.3, -0.25) is 0 Å². The SMILES string of the molecule is OC[C@H]1CNC[C@@H](O)[C@@H]1O[C@@H]1O[C@H](CO)[C@@H](O)[C@H](O)[C@H]1O. The standard InChI is InChI=1S/C12H23NO8/c14-3-5-1-13-2-6(16)11(5)21-12-10(19)9(18)8(17)7(4-15)20-12/h5-19H,1-4H2/t5-,6-,7-,8-,9+,10-,11-,12+/m1/s1. The van der Waals surface area contributed by atoms with E-state index in [0.29, 0.717) is 6.54 Å². The van der Waals surface area contributed by atoms with Crippen LogP contribution in [0.25, 0.3) is 0 Å². The van der Waals surface area contributed by atoms with Gasteiger partial charge in [0.05, 0.1) is 18.8 Å². The Bertz CT molecular complexity index is 330. The van der Waals surface area contributed by atoms with Crippen molar-refractivity contribution in [2.24, 2.45) is 5.92 Å². The maximum atomic E-state index is 9.93. The Morgan fingerprint density at radius 1 is 0.952 bits per heavy atom. The van der Waals surface area contributed by atoms with Gasteiger partial charge in [0.25, 0.3) is 0 Å². The Kier molecular flexibility index (Phi) is 5.88. The van der Waals surface area contributed by atoms with Gasteiger partial charge in [-0.2, -0.15) is 0 Å².